The van der Waals surface area contributed by atoms with Crippen molar-refractivity contribution < 1.29 is 4.79 Å². The SMILES string of the molecule is C[C@@H]1C(=O)Nc2cnc(Cl)nc2N1C1CCCC1. The number of nitrogens with one attached hydrogen (secondary N) is 1. The molecule has 1 aliphatic carbocycles. The van der Waals surface area contributed by atoms with Gasteiger partial charge in [-0.05, 0) is 31.4 Å². The van der Waals surface area contributed by atoms with Gasteiger partial charge in [-0.15, -0.1) is 0 Å². The number of amides is 1. The molecule has 0 bridgehead atoms. The van der Waals surface area contributed by atoms with Gasteiger partial charge in [-0.25, -0.2) is 4.98 Å². The lowest BCUT2D eigenvalue weighted by molar-refractivity contribution is -0.117. The minimum absolute atomic E-state index is 0.000299. The minimum atomic E-state index is -0.202. The van der Waals surface area contributed by atoms with Crippen molar-refractivity contribution in [1.29, 1.82) is 0 Å². The summed E-state index contributed by atoms with van der Waals surface area (Å²) in [5, 5.41) is 3.05. The Morgan fingerprint density at radius 1 is 1.44 bits per heavy atom. The van der Waals surface area contributed by atoms with E-state index in [4.69, 9.17) is 11.6 Å². The first-order valence-electron chi connectivity index (χ1n) is 6.28. The van der Waals surface area contributed by atoms with Gasteiger partial charge in [0.25, 0.3) is 0 Å². The molecule has 6 heteroatoms. The second-order valence-electron chi connectivity index (χ2n) is 4.89. The van der Waals surface area contributed by atoms with Gasteiger partial charge in [-0.3, -0.25) is 4.79 Å². The van der Waals surface area contributed by atoms with Gasteiger partial charge >= 0.3 is 0 Å². The van der Waals surface area contributed by atoms with Crippen LogP contribution in [0.15, 0.2) is 6.20 Å². The Hall–Kier alpha value is -1.36. The lowest BCUT2D eigenvalue weighted by atomic mass is 10.1. The first-order valence-corrected chi connectivity index (χ1v) is 6.66. The van der Waals surface area contributed by atoms with Crippen LogP contribution in [0.2, 0.25) is 5.28 Å². The number of carbonyl (C=O) groups excluding carboxylic acids is 1. The van der Waals surface area contributed by atoms with E-state index < -0.39 is 0 Å². The van der Waals surface area contributed by atoms with Crippen LogP contribution in [0.4, 0.5) is 11.5 Å². The van der Waals surface area contributed by atoms with Gasteiger partial charge in [0.15, 0.2) is 5.82 Å². The smallest absolute Gasteiger partial charge is 0.246 e. The standard InChI is InChI=1S/C12H15ClN4O/c1-7-11(18)15-9-6-14-12(13)16-10(9)17(7)8-4-2-3-5-8/h6-8H,2-5H2,1H3,(H,15,18)/t7-/m1/s1. The number of rotatable bonds is 1. The second-order valence-corrected chi connectivity index (χ2v) is 5.23. The monoisotopic (exact) mass is 266 g/mol. The van der Waals surface area contributed by atoms with Crippen LogP contribution in [0, 0.1) is 0 Å². The summed E-state index contributed by atoms with van der Waals surface area (Å²) >= 11 is 5.87. The van der Waals surface area contributed by atoms with Crippen molar-refractivity contribution in [2.24, 2.45) is 0 Å². The van der Waals surface area contributed by atoms with E-state index in [2.05, 4.69) is 20.2 Å². The Morgan fingerprint density at radius 2 is 2.17 bits per heavy atom. The van der Waals surface area contributed by atoms with Gasteiger partial charge in [-0.1, -0.05) is 12.8 Å². The molecule has 1 saturated carbocycles. The zero-order chi connectivity index (χ0) is 12.7. The van der Waals surface area contributed by atoms with Crippen molar-refractivity contribution >= 4 is 29.0 Å². The van der Waals surface area contributed by atoms with Crippen molar-refractivity contribution in [3.8, 4) is 0 Å². The van der Waals surface area contributed by atoms with Gasteiger partial charge in [0.05, 0.1) is 6.20 Å². The molecule has 0 unspecified atom stereocenters. The molecular formula is C12H15ClN4O. The molecule has 3 rings (SSSR count). The van der Waals surface area contributed by atoms with Crippen molar-refractivity contribution in [1.82, 2.24) is 9.97 Å². The molecule has 1 N–H and O–H groups in total. The summed E-state index contributed by atoms with van der Waals surface area (Å²) < 4.78 is 0. The molecule has 1 aromatic rings. The van der Waals surface area contributed by atoms with E-state index in [1.165, 1.54) is 12.8 Å². The van der Waals surface area contributed by atoms with Crippen LogP contribution in [0.1, 0.15) is 32.6 Å². The van der Waals surface area contributed by atoms with E-state index in [9.17, 15) is 4.79 Å². The van der Waals surface area contributed by atoms with Crippen molar-refractivity contribution in [2.75, 3.05) is 10.2 Å². The van der Waals surface area contributed by atoms with Crippen LogP contribution in [-0.2, 0) is 4.79 Å². The summed E-state index contributed by atoms with van der Waals surface area (Å²) in [6.07, 6.45) is 6.22. The van der Waals surface area contributed by atoms with Crippen molar-refractivity contribution in [2.45, 2.75) is 44.7 Å². The highest BCUT2D eigenvalue weighted by atomic mass is 35.5. The largest absolute Gasteiger partial charge is 0.340 e. The molecule has 1 amide bonds. The van der Waals surface area contributed by atoms with Gasteiger partial charge in [-0.2, -0.15) is 4.98 Å². The molecule has 1 atom stereocenters. The number of hydrogen-bond donors (Lipinski definition) is 1. The quantitative estimate of drug-likeness (QED) is 0.792. The Labute approximate surface area is 111 Å². The molecule has 0 aromatic carbocycles. The van der Waals surface area contributed by atoms with E-state index in [0.717, 1.165) is 18.7 Å². The maximum absolute atomic E-state index is 12.0. The second kappa shape index (κ2) is 4.39. The maximum Gasteiger partial charge on any atom is 0.246 e. The zero-order valence-corrected chi connectivity index (χ0v) is 10.9. The number of aromatic nitrogens is 2. The summed E-state index contributed by atoms with van der Waals surface area (Å²) in [4.78, 5) is 22.3. The predicted octanol–water partition coefficient (Wildman–Crippen LogP) is 2.22. The molecule has 2 heterocycles. The number of hydrogen-bond acceptors (Lipinski definition) is 4. The summed E-state index contributed by atoms with van der Waals surface area (Å²) in [5.41, 5.74) is 0.661. The Kier molecular flexibility index (Phi) is 2.86. The molecule has 1 aromatic heterocycles. The Morgan fingerprint density at radius 3 is 2.89 bits per heavy atom. The number of halogens is 1. The first kappa shape index (κ1) is 11.7. The van der Waals surface area contributed by atoms with E-state index in [0.29, 0.717) is 11.7 Å². The highest BCUT2D eigenvalue weighted by Gasteiger charge is 2.36. The Bertz CT molecular complexity index is 487. The van der Waals surface area contributed by atoms with E-state index in [1.807, 2.05) is 6.92 Å². The number of nitrogens with zero attached hydrogens (tertiary/aromatic N) is 3. The molecule has 0 radical (unpaired) electrons. The van der Waals surface area contributed by atoms with E-state index in [1.54, 1.807) is 6.20 Å². The van der Waals surface area contributed by atoms with E-state index >= 15 is 0 Å². The fourth-order valence-electron chi connectivity index (χ4n) is 2.86. The average Bonchev–Trinajstić information content (AvgIpc) is 2.85. The van der Waals surface area contributed by atoms with Crippen molar-refractivity contribution in [3.05, 3.63) is 11.5 Å². The normalized spacial score (nSPS) is 24.0. The third kappa shape index (κ3) is 1.82. The van der Waals surface area contributed by atoms with Gasteiger partial charge in [0.1, 0.15) is 11.7 Å². The Balaban J connectivity index is 2.05. The van der Waals surface area contributed by atoms with Gasteiger partial charge < -0.3 is 10.2 Å². The lowest BCUT2D eigenvalue weighted by Gasteiger charge is -2.39. The number of anilines is 2. The molecule has 96 valence electrons. The van der Waals surface area contributed by atoms with Crippen LogP contribution in [0.3, 0.4) is 0 Å². The van der Waals surface area contributed by atoms with Gasteiger partial charge in [0.2, 0.25) is 11.2 Å². The number of fused-ring (bicyclic) bond motifs is 1. The molecule has 2 aliphatic rings. The third-order valence-corrected chi connectivity index (χ3v) is 3.94. The molecule has 5 nitrogen and oxygen atoms in total. The predicted molar refractivity (Wildman–Crippen MR) is 69.9 cm³/mol. The first-order chi connectivity index (χ1) is 8.66. The molecule has 18 heavy (non-hydrogen) atoms. The van der Waals surface area contributed by atoms with E-state index in [-0.39, 0.29) is 17.2 Å². The van der Waals surface area contributed by atoms with Crippen LogP contribution >= 0.6 is 11.6 Å². The fourth-order valence-corrected chi connectivity index (χ4v) is 2.98. The summed E-state index contributed by atoms with van der Waals surface area (Å²) in [6, 6.07) is 0.183. The molecular weight excluding hydrogens is 252 g/mol. The summed E-state index contributed by atoms with van der Waals surface area (Å²) in [7, 11) is 0. The van der Waals surface area contributed by atoms with Crippen LogP contribution < -0.4 is 10.2 Å². The molecule has 0 spiro atoms. The summed E-state index contributed by atoms with van der Waals surface area (Å²) in [6.45, 7) is 1.91. The zero-order valence-electron chi connectivity index (χ0n) is 10.2. The van der Waals surface area contributed by atoms with Gasteiger partial charge in [0, 0.05) is 6.04 Å². The highest BCUT2D eigenvalue weighted by Crippen LogP contribution is 2.36. The fraction of sp³-hybridized carbons (Fsp3) is 0.583. The van der Waals surface area contributed by atoms with Crippen LogP contribution in [-0.4, -0.2) is 28.0 Å². The molecule has 0 saturated heterocycles. The van der Waals surface area contributed by atoms with Crippen LogP contribution in [0.25, 0.3) is 0 Å². The lowest BCUT2D eigenvalue weighted by Crippen LogP contribution is -2.51. The minimum Gasteiger partial charge on any atom is -0.340 e. The maximum atomic E-state index is 12.0. The summed E-state index contributed by atoms with van der Waals surface area (Å²) in [5.74, 6) is 0.759. The topological polar surface area (TPSA) is 58.1 Å². The average molecular weight is 267 g/mol. The molecule has 1 aliphatic heterocycles. The van der Waals surface area contributed by atoms with Crippen LogP contribution in [0.5, 0.6) is 0 Å². The number of carbonyl (C=O) groups is 1. The van der Waals surface area contributed by atoms with Crippen molar-refractivity contribution in [3.63, 3.8) is 0 Å². The molecule has 1 fully saturated rings. The third-order valence-electron chi connectivity index (χ3n) is 3.76. The highest BCUT2D eigenvalue weighted by molar-refractivity contribution is 6.28.